The lowest BCUT2D eigenvalue weighted by Gasteiger charge is -2.38. The fraction of sp³-hybridized carbons (Fsp3) is 0.280. The third-order valence-corrected chi connectivity index (χ3v) is 6.66. The number of para-hydroxylation sites is 1. The molecule has 0 aromatic heterocycles. The molecule has 0 heterocycles. The van der Waals surface area contributed by atoms with E-state index in [1.54, 1.807) is 20.3 Å². The van der Waals surface area contributed by atoms with Gasteiger partial charge in [-0.25, -0.2) is 0 Å². The summed E-state index contributed by atoms with van der Waals surface area (Å²) in [5.74, 6) is 0.967. The van der Waals surface area contributed by atoms with Crippen molar-refractivity contribution in [1.29, 1.82) is 0 Å². The average molecular weight is 440 g/mol. The molecule has 0 radical (unpaired) electrons. The molecule has 0 aliphatic carbocycles. The second-order valence-electron chi connectivity index (χ2n) is 7.26. The van der Waals surface area contributed by atoms with Crippen LogP contribution in [0.2, 0.25) is 0 Å². The zero-order valence-corrected chi connectivity index (χ0v) is 19.0. The molecule has 0 aliphatic heterocycles. The molecule has 1 unspecified atom stereocenters. The molecule has 3 rings (SSSR count). The van der Waals surface area contributed by atoms with E-state index in [0.29, 0.717) is 23.5 Å². The van der Waals surface area contributed by atoms with Gasteiger partial charge in [-0.2, -0.15) is 0 Å². The molecule has 1 atom stereocenters. The second-order valence-corrected chi connectivity index (χ2v) is 9.16. The maximum Gasteiger partial charge on any atom is 0.329 e. The van der Waals surface area contributed by atoms with Crippen molar-refractivity contribution >= 4 is 7.60 Å². The van der Waals surface area contributed by atoms with Gasteiger partial charge < -0.3 is 14.4 Å². The van der Waals surface area contributed by atoms with Crippen LogP contribution in [0.25, 0.3) is 0 Å². The number of hydrogen-bond acceptors (Lipinski definition) is 4. The predicted octanol–water partition coefficient (Wildman–Crippen LogP) is 6.00. The Bertz CT molecular complexity index is 981. The van der Waals surface area contributed by atoms with Crippen LogP contribution < -0.4 is 9.47 Å². The summed E-state index contributed by atoms with van der Waals surface area (Å²) in [6, 6.07) is 24.4. The van der Waals surface area contributed by atoms with Crippen molar-refractivity contribution in [1.82, 2.24) is 0 Å². The molecule has 0 saturated heterocycles. The summed E-state index contributed by atoms with van der Waals surface area (Å²) in [5, 5.41) is 0. The molecule has 5 nitrogen and oxygen atoms in total. The summed E-state index contributed by atoms with van der Waals surface area (Å²) >= 11 is 0. The highest BCUT2D eigenvalue weighted by Crippen LogP contribution is 2.57. The summed E-state index contributed by atoms with van der Waals surface area (Å²) in [4.78, 5) is 10.9. The third kappa shape index (κ3) is 4.85. The van der Waals surface area contributed by atoms with Crippen molar-refractivity contribution in [3.8, 4) is 11.5 Å². The van der Waals surface area contributed by atoms with Crippen molar-refractivity contribution in [2.24, 2.45) is 0 Å². The van der Waals surface area contributed by atoms with E-state index in [1.165, 1.54) is 0 Å². The molecule has 6 heteroatoms. The monoisotopic (exact) mass is 440 g/mol. The minimum Gasteiger partial charge on any atom is -0.493 e. The van der Waals surface area contributed by atoms with Crippen molar-refractivity contribution in [2.45, 2.75) is 25.4 Å². The smallest absolute Gasteiger partial charge is 0.329 e. The molecule has 0 saturated carbocycles. The predicted molar refractivity (Wildman–Crippen MR) is 123 cm³/mol. The molecule has 0 bridgehead atoms. The van der Waals surface area contributed by atoms with Gasteiger partial charge in [-0.1, -0.05) is 86.1 Å². The van der Waals surface area contributed by atoms with E-state index >= 15 is 0 Å². The highest BCUT2D eigenvalue weighted by atomic mass is 31.2. The van der Waals surface area contributed by atoms with Gasteiger partial charge in [-0.3, -0.25) is 9.09 Å². The lowest BCUT2D eigenvalue weighted by Crippen LogP contribution is -2.33. The fourth-order valence-corrected chi connectivity index (χ4v) is 5.30. The Morgan fingerprint density at radius 3 is 1.90 bits per heavy atom. The Hall–Kier alpha value is -2.59. The lowest BCUT2D eigenvalue weighted by molar-refractivity contribution is 0.128. The first kappa shape index (κ1) is 23.1. The highest BCUT2D eigenvalue weighted by molar-refractivity contribution is 7.52. The molecule has 3 aromatic rings. The largest absolute Gasteiger partial charge is 0.493 e. The van der Waals surface area contributed by atoms with Gasteiger partial charge in [0.1, 0.15) is 0 Å². The van der Waals surface area contributed by atoms with E-state index in [1.807, 2.05) is 79.7 Å². The van der Waals surface area contributed by atoms with Gasteiger partial charge in [0.25, 0.3) is 0 Å². The van der Waals surface area contributed by atoms with Crippen molar-refractivity contribution in [3.05, 3.63) is 95.6 Å². The van der Waals surface area contributed by atoms with Gasteiger partial charge >= 0.3 is 7.60 Å². The topological polar surface area (TPSA) is 65.0 Å². The van der Waals surface area contributed by atoms with Crippen LogP contribution in [0.3, 0.4) is 0 Å². The zero-order chi connectivity index (χ0) is 22.3. The first-order chi connectivity index (χ1) is 15.0. The highest BCUT2D eigenvalue weighted by Gasteiger charge is 2.45. The van der Waals surface area contributed by atoms with Crippen molar-refractivity contribution in [2.75, 3.05) is 20.4 Å². The number of hydrogen-bond donors (Lipinski definition) is 1. The van der Waals surface area contributed by atoms with Gasteiger partial charge in [-0.05, 0) is 23.6 Å². The van der Waals surface area contributed by atoms with Crippen LogP contribution in [0.4, 0.5) is 0 Å². The molecule has 1 N–H and O–H groups in total. The summed E-state index contributed by atoms with van der Waals surface area (Å²) in [7, 11) is -0.861. The maximum absolute atomic E-state index is 13.3. The number of rotatable bonds is 10. The van der Waals surface area contributed by atoms with Gasteiger partial charge in [0.15, 0.2) is 17.1 Å². The Labute approximate surface area is 184 Å². The van der Waals surface area contributed by atoms with E-state index in [2.05, 4.69) is 0 Å². The normalized spacial score (nSPS) is 13.4. The molecule has 31 heavy (non-hydrogen) atoms. The molecule has 164 valence electrons. The van der Waals surface area contributed by atoms with E-state index < -0.39 is 13.2 Å². The quantitative estimate of drug-likeness (QED) is 0.310. The summed E-state index contributed by atoms with van der Waals surface area (Å²) < 4.78 is 30.9. The van der Waals surface area contributed by atoms with E-state index in [9.17, 15) is 9.46 Å². The van der Waals surface area contributed by atoms with Crippen LogP contribution in [-0.2, 0) is 14.7 Å². The van der Waals surface area contributed by atoms with E-state index in [4.69, 9.17) is 14.0 Å². The molecular formula is C25H29O5P. The van der Waals surface area contributed by atoms with Gasteiger partial charge in [0.2, 0.25) is 0 Å². The minimum atomic E-state index is -3.98. The van der Waals surface area contributed by atoms with E-state index in [-0.39, 0.29) is 6.16 Å². The Morgan fingerprint density at radius 1 is 0.839 bits per heavy atom. The summed E-state index contributed by atoms with van der Waals surface area (Å²) in [6.07, 6.45) is 1.44. The standard InChI is InChI=1S/C25H29O5P/c1-4-5-19-31(26,27)30-25(20-13-8-6-9-14-20,21-15-10-7-11-16-21)22-17-12-18-23(28-2)24(22)29-3/h6-18H,4-5,19H2,1-3H3,(H,26,27). The number of ether oxygens (including phenoxy) is 2. The molecule has 0 aliphatic rings. The molecule has 0 amide bonds. The minimum absolute atomic E-state index is 0.0667. The summed E-state index contributed by atoms with van der Waals surface area (Å²) in [5.41, 5.74) is 0.662. The fourth-order valence-electron chi connectivity index (χ4n) is 3.76. The van der Waals surface area contributed by atoms with Gasteiger partial charge in [0, 0.05) is 5.56 Å². The molecule has 0 fully saturated rings. The molecule has 3 aromatic carbocycles. The second kappa shape index (κ2) is 10.1. The first-order valence-electron chi connectivity index (χ1n) is 10.3. The molecule has 0 spiro atoms. The Kier molecular flexibility index (Phi) is 7.55. The number of unbranched alkanes of at least 4 members (excludes halogenated alkanes) is 1. The third-order valence-electron chi connectivity index (χ3n) is 5.22. The van der Waals surface area contributed by atoms with Crippen LogP contribution >= 0.6 is 7.60 Å². The molecular weight excluding hydrogens is 411 g/mol. The summed E-state index contributed by atoms with van der Waals surface area (Å²) in [6.45, 7) is 1.98. The Balaban J connectivity index is 2.38. The van der Waals surface area contributed by atoms with E-state index in [0.717, 1.165) is 17.5 Å². The van der Waals surface area contributed by atoms with Crippen LogP contribution in [-0.4, -0.2) is 25.3 Å². The van der Waals surface area contributed by atoms with Crippen LogP contribution in [0, 0.1) is 0 Å². The van der Waals surface area contributed by atoms with Crippen LogP contribution in [0.1, 0.15) is 36.5 Å². The van der Waals surface area contributed by atoms with Gasteiger partial charge in [0.05, 0.1) is 20.4 Å². The lowest BCUT2D eigenvalue weighted by atomic mass is 9.80. The van der Waals surface area contributed by atoms with Crippen LogP contribution in [0.15, 0.2) is 78.9 Å². The van der Waals surface area contributed by atoms with Gasteiger partial charge in [-0.15, -0.1) is 0 Å². The SMILES string of the molecule is CCCCP(=O)(O)OC(c1ccccc1)(c1ccccc1)c1cccc(OC)c1OC. The number of methoxy groups -OCH3 is 2. The first-order valence-corrected chi connectivity index (χ1v) is 12.1. The van der Waals surface area contributed by atoms with Crippen molar-refractivity contribution in [3.63, 3.8) is 0 Å². The zero-order valence-electron chi connectivity index (χ0n) is 18.2. The van der Waals surface area contributed by atoms with Crippen LogP contribution in [0.5, 0.6) is 11.5 Å². The maximum atomic E-state index is 13.3. The number of benzene rings is 3. The Morgan fingerprint density at radius 2 is 1.42 bits per heavy atom. The average Bonchev–Trinajstić information content (AvgIpc) is 2.82. The van der Waals surface area contributed by atoms with Crippen molar-refractivity contribution < 1.29 is 23.5 Å².